The number of methoxy groups -OCH3 is 1. The molecule has 0 unspecified atom stereocenters. The monoisotopic (exact) mass is 468 g/mol. The Hall–Kier alpha value is -4.21. The third kappa shape index (κ3) is 5.97. The number of anilines is 2. The summed E-state index contributed by atoms with van der Waals surface area (Å²) in [6.07, 6.45) is -0.0466. The first-order valence-corrected chi connectivity index (χ1v) is 10.5. The van der Waals surface area contributed by atoms with Crippen LogP contribution in [-0.2, 0) is 28.6 Å². The van der Waals surface area contributed by atoms with Crippen molar-refractivity contribution in [1.82, 2.24) is 0 Å². The van der Waals surface area contributed by atoms with Gasteiger partial charge in [-0.2, -0.15) is 0 Å². The Bertz CT molecular complexity index is 1080. The van der Waals surface area contributed by atoms with E-state index in [1.807, 2.05) is 0 Å². The third-order valence-electron chi connectivity index (χ3n) is 5.08. The molecule has 10 nitrogen and oxygen atoms in total. The SMILES string of the molecule is CCOC(=O)c1ccc(N2C[C@H](C(=O)OCC(=O)Nc3ccc(C(=O)OC)cc3)CC2=O)cc1. The van der Waals surface area contributed by atoms with Gasteiger partial charge in [-0.15, -0.1) is 0 Å². The predicted molar refractivity (Wildman–Crippen MR) is 120 cm³/mol. The molecule has 2 aromatic rings. The van der Waals surface area contributed by atoms with Crippen molar-refractivity contribution in [2.24, 2.45) is 5.92 Å². The van der Waals surface area contributed by atoms with E-state index in [1.54, 1.807) is 31.2 Å². The van der Waals surface area contributed by atoms with Crippen molar-refractivity contribution >= 4 is 41.1 Å². The summed E-state index contributed by atoms with van der Waals surface area (Å²) < 4.78 is 14.6. The standard InChI is InChI=1S/C24H24N2O8/c1-3-33-23(30)16-6-10-19(11-7-16)26-13-17(12-21(26)28)24(31)34-14-20(27)25-18-8-4-15(5-9-18)22(29)32-2/h4-11,17H,3,12-14H2,1-2H3,(H,25,27)/t17-/m1/s1. The Kier molecular flexibility index (Phi) is 7.96. The van der Waals surface area contributed by atoms with Gasteiger partial charge in [0.15, 0.2) is 6.61 Å². The van der Waals surface area contributed by atoms with Crippen LogP contribution in [0.2, 0.25) is 0 Å². The molecule has 3 rings (SSSR count). The van der Waals surface area contributed by atoms with Crippen molar-refractivity contribution in [2.75, 3.05) is 37.1 Å². The number of nitrogens with one attached hydrogen (secondary N) is 1. The molecule has 0 radical (unpaired) electrons. The van der Waals surface area contributed by atoms with E-state index in [1.165, 1.54) is 36.3 Å². The van der Waals surface area contributed by atoms with Gasteiger partial charge in [0.05, 0.1) is 30.8 Å². The van der Waals surface area contributed by atoms with Crippen LogP contribution in [0.4, 0.5) is 11.4 Å². The summed E-state index contributed by atoms with van der Waals surface area (Å²) in [5.74, 6) is -3.15. The van der Waals surface area contributed by atoms with Gasteiger partial charge in [-0.05, 0) is 55.5 Å². The molecular weight excluding hydrogens is 444 g/mol. The number of ether oxygens (including phenoxy) is 3. The van der Waals surface area contributed by atoms with Gasteiger partial charge in [-0.3, -0.25) is 14.4 Å². The van der Waals surface area contributed by atoms with Crippen LogP contribution in [-0.4, -0.2) is 56.6 Å². The molecule has 10 heteroatoms. The van der Waals surface area contributed by atoms with Gasteiger partial charge < -0.3 is 24.4 Å². The fourth-order valence-corrected chi connectivity index (χ4v) is 3.37. The predicted octanol–water partition coefficient (Wildman–Crippen LogP) is 2.18. The van der Waals surface area contributed by atoms with Gasteiger partial charge in [0.25, 0.3) is 5.91 Å². The van der Waals surface area contributed by atoms with Crippen LogP contribution in [0.15, 0.2) is 48.5 Å². The zero-order valence-corrected chi connectivity index (χ0v) is 18.7. The molecule has 0 spiro atoms. The molecule has 0 bridgehead atoms. The molecule has 178 valence electrons. The summed E-state index contributed by atoms with van der Waals surface area (Å²) >= 11 is 0. The van der Waals surface area contributed by atoms with Crippen LogP contribution in [0.3, 0.4) is 0 Å². The highest BCUT2D eigenvalue weighted by Gasteiger charge is 2.36. The Morgan fingerprint density at radius 3 is 2.18 bits per heavy atom. The lowest BCUT2D eigenvalue weighted by atomic mass is 10.1. The summed E-state index contributed by atoms with van der Waals surface area (Å²) in [6.45, 7) is 1.56. The lowest BCUT2D eigenvalue weighted by molar-refractivity contribution is -0.151. The van der Waals surface area contributed by atoms with Crippen LogP contribution < -0.4 is 10.2 Å². The summed E-state index contributed by atoms with van der Waals surface area (Å²) in [7, 11) is 1.27. The second kappa shape index (κ2) is 11.1. The molecule has 1 heterocycles. The lowest BCUT2D eigenvalue weighted by Crippen LogP contribution is -2.28. The van der Waals surface area contributed by atoms with Crippen molar-refractivity contribution in [2.45, 2.75) is 13.3 Å². The summed E-state index contributed by atoms with van der Waals surface area (Å²) in [6, 6.07) is 12.3. The molecule has 1 N–H and O–H groups in total. The van der Waals surface area contributed by atoms with Gasteiger partial charge in [0, 0.05) is 24.3 Å². The number of benzene rings is 2. The number of carbonyl (C=O) groups excluding carboxylic acids is 5. The van der Waals surface area contributed by atoms with Crippen molar-refractivity contribution in [1.29, 1.82) is 0 Å². The molecule has 1 atom stereocenters. The fraction of sp³-hybridized carbons (Fsp3) is 0.292. The van der Waals surface area contributed by atoms with Crippen molar-refractivity contribution in [3.8, 4) is 0 Å². The minimum absolute atomic E-state index is 0.0466. The van der Waals surface area contributed by atoms with E-state index in [-0.39, 0.29) is 25.5 Å². The van der Waals surface area contributed by atoms with Crippen LogP contribution in [0, 0.1) is 5.92 Å². The molecule has 1 saturated heterocycles. The molecule has 34 heavy (non-hydrogen) atoms. The minimum atomic E-state index is -0.718. The van der Waals surface area contributed by atoms with Crippen LogP contribution in [0.1, 0.15) is 34.1 Å². The largest absolute Gasteiger partial charge is 0.465 e. The van der Waals surface area contributed by atoms with Crippen molar-refractivity contribution in [3.05, 3.63) is 59.7 Å². The number of nitrogens with zero attached hydrogens (tertiary/aromatic N) is 1. The molecule has 0 saturated carbocycles. The lowest BCUT2D eigenvalue weighted by Gasteiger charge is -2.17. The van der Waals surface area contributed by atoms with E-state index >= 15 is 0 Å². The zero-order chi connectivity index (χ0) is 24.7. The van der Waals surface area contributed by atoms with E-state index in [2.05, 4.69) is 10.1 Å². The van der Waals surface area contributed by atoms with Gasteiger partial charge in [-0.25, -0.2) is 9.59 Å². The average molecular weight is 468 g/mol. The first-order valence-electron chi connectivity index (χ1n) is 10.5. The number of esters is 3. The first-order chi connectivity index (χ1) is 16.3. The summed E-state index contributed by atoms with van der Waals surface area (Å²) in [4.78, 5) is 61.5. The van der Waals surface area contributed by atoms with Crippen molar-refractivity contribution < 1.29 is 38.2 Å². The normalized spacial score (nSPS) is 14.9. The molecular formula is C24H24N2O8. The highest BCUT2D eigenvalue weighted by atomic mass is 16.5. The van der Waals surface area contributed by atoms with E-state index in [0.717, 1.165) is 0 Å². The number of rotatable bonds is 8. The highest BCUT2D eigenvalue weighted by molar-refractivity contribution is 6.00. The van der Waals surface area contributed by atoms with Crippen LogP contribution >= 0.6 is 0 Å². The van der Waals surface area contributed by atoms with Crippen LogP contribution in [0.5, 0.6) is 0 Å². The minimum Gasteiger partial charge on any atom is -0.465 e. The number of carbonyl (C=O) groups is 5. The molecule has 2 amide bonds. The Balaban J connectivity index is 1.50. The van der Waals surface area contributed by atoms with Crippen LogP contribution in [0.25, 0.3) is 0 Å². The Morgan fingerprint density at radius 2 is 1.56 bits per heavy atom. The second-order valence-electron chi connectivity index (χ2n) is 7.40. The average Bonchev–Trinajstić information content (AvgIpc) is 3.24. The number of hydrogen-bond acceptors (Lipinski definition) is 8. The van der Waals surface area contributed by atoms with Gasteiger partial charge in [0.2, 0.25) is 5.91 Å². The molecule has 1 aliphatic rings. The number of hydrogen-bond donors (Lipinski definition) is 1. The van der Waals surface area contributed by atoms with E-state index < -0.39 is 36.3 Å². The molecule has 0 aliphatic carbocycles. The first kappa shape index (κ1) is 24.4. The third-order valence-corrected chi connectivity index (χ3v) is 5.08. The quantitative estimate of drug-likeness (QED) is 0.461. The zero-order valence-electron chi connectivity index (χ0n) is 18.7. The van der Waals surface area contributed by atoms with Gasteiger partial charge in [0.1, 0.15) is 0 Å². The van der Waals surface area contributed by atoms with Crippen molar-refractivity contribution in [3.63, 3.8) is 0 Å². The number of amides is 2. The van der Waals surface area contributed by atoms with E-state index in [0.29, 0.717) is 22.5 Å². The maximum absolute atomic E-state index is 12.4. The van der Waals surface area contributed by atoms with Gasteiger partial charge >= 0.3 is 17.9 Å². The highest BCUT2D eigenvalue weighted by Crippen LogP contribution is 2.26. The molecule has 0 aromatic heterocycles. The Morgan fingerprint density at radius 1 is 0.941 bits per heavy atom. The second-order valence-corrected chi connectivity index (χ2v) is 7.40. The fourth-order valence-electron chi connectivity index (χ4n) is 3.37. The molecule has 1 aliphatic heterocycles. The summed E-state index contributed by atoms with van der Waals surface area (Å²) in [5.41, 5.74) is 1.65. The molecule has 1 fully saturated rings. The smallest absolute Gasteiger partial charge is 0.338 e. The summed E-state index contributed by atoms with van der Waals surface area (Å²) in [5, 5.41) is 2.56. The molecule has 2 aromatic carbocycles. The van der Waals surface area contributed by atoms with Gasteiger partial charge in [-0.1, -0.05) is 0 Å². The van der Waals surface area contributed by atoms with E-state index in [4.69, 9.17) is 9.47 Å². The Labute approximate surface area is 195 Å². The maximum atomic E-state index is 12.4. The van der Waals surface area contributed by atoms with E-state index in [9.17, 15) is 24.0 Å². The topological polar surface area (TPSA) is 128 Å². The maximum Gasteiger partial charge on any atom is 0.338 e.